The fourth-order valence-corrected chi connectivity index (χ4v) is 3.60. The SMILES string of the molecule is C.CCC12CCC(CC1=O)C2(C)C. The molecule has 2 atom stereocenters. The lowest BCUT2D eigenvalue weighted by Crippen LogP contribution is -2.34. The van der Waals surface area contributed by atoms with E-state index in [0.29, 0.717) is 17.1 Å². The lowest BCUT2D eigenvalue weighted by molar-refractivity contribution is -0.129. The van der Waals surface area contributed by atoms with E-state index in [1.165, 1.54) is 6.42 Å². The lowest BCUT2D eigenvalue weighted by Gasteiger charge is -2.35. The molecule has 2 rings (SSSR count). The number of hydrogen-bond acceptors (Lipinski definition) is 1. The fourth-order valence-electron chi connectivity index (χ4n) is 3.60. The largest absolute Gasteiger partial charge is 0.299 e. The van der Waals surface area contributed by atoms with Crippen molar-refractivity contribution in [1.29, 1.82) is 0 Å². The van der Waals surface area contributed by atoms with E-state index in [2.05, 4.69) is 20.8 Å². The summed E-state index contributed by atoms with van der Waals surface area (Å²) in [4.78, 5) is 11.8. The molecule has 0 N–H and O–H groups in total. The van der Waals surface area contributed by atoms with E-state index in [0.717, 1.165) is 19.3 Å². The number of hydrogen-bond donors (Lipinski definition) is 0. The third-order valence-electron chi connectivity index (χ3n) is 4.74. The summed E-state index contributed by atoms with van der Waals surface area (Å²) >= 11 is 0. The van der Waals surface area contributed by atoms with Gasteiger partial charge in [0.2, 0.25) is 0 Å². The predicted molar refractivity (Wildman–Crippen MR) is 55.6 cm³/mol. The van der Waals surface area contributed by atoms with Crippen LogP contribution in [0, 0.1) is 16.7 Å². The number of carbonyl (C=O) groups is 1. The highest BCUT2D eigenvalue weighted by Crippen LogP contribution is 2.65. The molecule has 2 bridgehead atoms. The Hall–Kier alpha value is -0.330. The third kappa shape index (κ3) is 0.963. The quantitative estimate of drug-likeness (QED) is 0.607. The summed E-state index contributed by atoms with van der Waals surface area (Å²) in [5, 5.41) is 0. The van der Waals surface area contributed by atoms with Gasteiger partial charge in [0.1, 0.15) is 5.78 Å². The fraction of sp³-hybridized carbons (Fsp3) is 0.917. The van der Waals surface area contributed by atoms with Crippen LogP contribution in [-0.4, -0.2) is 5.78 Å². The molecule has 2 fully saturated rings. The minimum absolute atomic E-state index is 0. The average molecular weight is 182 g/mol. The maximum absolute atomic E-state index is 11.8. The van der Waals surface area contributed by atoms with Crippen LogP contribution < -0.4 is 0 Å². The highest BCUT2D eigenvalue weighted by molar-refractivity contribution is 5.89. The van der Waals surface area contributed by atoms with Crippen molar-refractivity contribution < 1.29 is 4.79 Å². The Morgan fingerprint density at radius 2 is 2.08 bits per heavy atom. The second kappa shape index (κ2) is 2.83. The Balaban J connectivity index is 0.000000845. The zero-order valence-corrected chi connectivity index (χ0v) is 8.31. The molecule has 1 nitrogen and oxygen atoms in total. The number of Topliss-reactive ketones (excluding diaryl/α,β-unsaturated/α-hetero) is 1. The van der Waals surface area contributed by atoms with Gasteiger partial charge in [-0.2, -0.15) is 0 Å². The van der Waals surface area contributed by atoms with Crippen LogP contribution in [0.5, 0.6) is 0 Å². The Morgan fingerprint density at radius 3 is 2.31 bits per heavy atom. The van der Waals surface area contributed by atoms with Gasteiger partial charge in [0.05, 0.1) is 0 Å². The first-order valence-corrected chi connectivity index (χ1v) is 5.08. The van der Waals surface area contributed by atoms with E-state index in [-0.39, 0.29) is 12.8 Å². The van der Waals surface area contributed by atoms with E-state index >= 15 is 0 Å². The van der Waals surface area contributed by atoms with E-state index in [4.69, 9.17) is 0 Å². The molecule has 0 heterocycles. The summed E-state index contributed by atoms with van der Waals surface area (Å²) in [5.41, 5.74) is 0.358. The van der Waals surface area contributed by atoms with Crippen molar-refractivity contribution in [2.75, 3.05) is 0 Å². The van der Waals surface area contributed by atoms with Gasteiger partial charge in [-0.05, 0) is 30.6 Å². The van der Waals surface area contributed by atoms with Gasteiger partial charge in [0.15, 0.2) is 0 Å². The van der Waals surface area contributed by atoms with Crippen LogP contribution in [0.2, 0.25) is 0 Å². The molecule has 0 amide bonds. The molecule has 0 aromatic rings. The summed E-state index contributed by atoms with van der Waals surface area (Å²) in [5.74, 6) is 1.23. The molecule has 0 aromatic carbocycles. The Morgan fingerprint density at radius 1 is 1.46 bits per heavy atom. The second-order valence-electron chi connectivity index (χ2n) is 5.02. The minimum Gasteiger partial charge on any atom is -0.299 e. The van der Waals surface area contributed by atoms with Gasteiger partial charge in [0, 0.05) is 11.8 Å². The highest BCUT2D eigenvalue weighted by Gasteiger charge is 2.62. The van der Waals surface area contributed by atoms with Gasteiger partial charge in [0.25, 0.3) is 0 Å². The van der Waals surface area contributed by atoms with Gasteiger partial charge < -0.3 is 0 Å². The molecular formula is C12H22O. The van der Waals surface area contributed by atoms with Crippen molar-refractivity contribution in [2.45, 2.75) is 53.9 Å². The monoisotopic (exact) mass is 182 g/mol. The second-order valence-corrected chi connectivity index (χ2v) is 5.02. The van der Waals surface area contributed by atoms with Crippen LogP contribution in [0.1, 0.15) is 53.9 Å². The Labute approximate surface area is 81.9 Å². The summed E-state index contributed by atoms with van der Waals surface area (Å²) in [6.45, 7) is 6.76. The van der Waals surface area contributed by atoms with Crippen molar-refractivity contribution in [3.05, 3.63) is 0 Å². The van der Waals surface area contributed by atoms with Crippen LogP contribution in [0.15, 0.2) is 0 Å². The van der Waals surface area contributed by atoms with Crippen LogP contribution in [0.4, 0.5) is 0 Å². The van der Waals surface area contributed by atoms with Crippen LogP contribution in [-0.2, 0) is 4.79 Å². The Kier molecular flexibility index (Phi) is 2.34. The number of fused-ring (bicyclic) bond motifs is 2. The van der Waals surface area contributed by atoms with E-state index < -0.39 is 0 Å². The first-order valence-electron chi connectivity index (χ1n) is 5.08. The molecule has 1 heteroatoms. The van der Waals surface area contributed by atoms with Gasteiger partial charge in [-0.1, -0.05) is 28.2 Å². The summed E-state index contributed by atoms with van der Waals surface area (Å²) in [7, 11) is 0. The molecule has 2 aliphatic carbocycles. The van der Waals surface area contributed by atoms with Crippen LogP contribution in [0.3, 0.4) is 0 Å². The first-order chi connectivity index (χ1) is 5.54. The van der Waals surface area contributed by atoms with Crippen molar-refractivity contribution in [3.8, 4) is 0 Å². The van der Waals surface area contributed by atoms with Crippen molar-refractivity contribution in [3.63, 3.8) is 0 Å². The van der Waals surface area contributed by atoms with Crippen molar-refractivity contribution >= 4 is 5.78 Å². The molecule has 0 aromatic heterocycles. The zero-order chi connectivity index (χ0) is 8.98. The van der Waals surface area contributed by atoms with E-state index in [1.807, 2.05) is 0 Å². The molecule has 76 valence electrons. The van der Waals surface area contributed by atoms with Crippen molar-refractivity contribution in [1.82, 2.24) is 0 Å². The highest BCUT2D eigenvalue weighted by atomic mass is 16.1. The topological polar surface area (TPSA) is 17.1 Å². The normalized spacial score (nSPS) is 40.5. The van der Waals surface area contributed by atoms with Crippen LogP contribution >= 0.6 is 0 Å². The number of rotatable bonds is 1. The van der Waals surface area contributed by atoms with Crippen molar-refractivity contribution in [2.24, 2.45) is 16.7 Å². The number of carbonyl (C=O) groups excluding carboxylic acids is 1. The molecular weight excluding hydrogens is 160 g/mol. The molecule has 0 spiro atoms. The van der Waals surface area contributed by atoms with E-state index in [1.54, 1.807) is 0 Å². The zero-order valence-electron chi connectivity index (χ0n) is 8.31. The average Bonchev–Trinajstić information content (AvgIpc) is 2.36. The molecule has 2 saturated carbocycles. The molecule has 0 saturated heterocycles. The minimum atomic E-state index is 0. The lowest BCUT2D eigenvalue weighted by atomic mass is 9.67. The van der Waals surface area contributed by atoms with Gasteiger partial charge in [-0.25, -0.2) is 0 Å². The van der Waals surface area contributed by atoms with Gasteiger partial charge >= 0.3 is 0 Å². The third-order valence-corrected chi connectivity index (χ3v) is 4.74. The Bertz CT molecular complexity index is 229. The molecule has 0 radical (unpaired) electrons. The summed E-state index contributed by atoms with van der Waals surface area (Å²) in [6, 6.07) is 0. The predicted octanol–water partition coefficient (Wildman–Crippen LogP) is 3.43. The smallest absolute Gasteiger partial charge is 0.139 e. The molecule has 13 heavy (non-hydrogen) atoms. The van der Waals surface area contributed by atoms with Gasteiger partial charge in [-0.3, -0.25) is 4.79 Å². The maximum Gasteiger partial charge on any atom is 0.139 e. The summed E-state index contributed by atoms with van der Waals surface area (Å²) < 4.78 is 0. The molecule has 2 aliphatic rings. The van der Waals surface area contributed by atoms with E-state index in [9.17, 15) is 4.79 Å². The van der Waals surface area contributed by atoms with Gasteiger partial charge in [-0.15, -0.1) is 0 Å². The number of ketones is 1. The first kappa shape index (κ1) is 10.7. The standard InChI is InChI=1S/C11H18O.CH4/c1-4-11-6-5-8(7-9(11)12)10(11,2)3;/h8H,4-7H2,1-3H3;1H4. The molecule has 0 aliphatic heterocycles. The van der Waals surface area contributed by atoms with Crippen LogP contribution in [0.25, 0.3) is 0 Å². The maximum atomic E-state index is 11.8. The molecule has 2 unspecified atom stereocenters. The summed E-state index contributed by atoms with van der Waals surface area (Å²) in [6.07, 6.45) is 4.35.